The molecule has 1 N–H and O–H groups in total. The molecule has 1 aliphatic heterocycles. The Kier molecular flexibility index (Phi) is 5.06. The number of amides is 2. The molecule has 1 aromatic carbocycles. The molecule has 0 radical (unpaired) electrons. The van der Waals surface area contributed by atoms with Crippen LogP contribution >= 0.6 is 0 Å². The molecule has 2 aliphatic rings. The van der Waals surface area contributed by atoms with Gasteiger partial charge in [0.15, 0.2) is 0 Å². The van der Waals surface area contributed by atoms with Crippen LogP contribution in [0.2, 0.25) is 0 Å². The number of esters is 1. The maximum atomic E-state index is 12.6. The van der Waals surface area contributed by atoms with Gasteiger partial charge in [-0.05, 0) is 37.3 Å². The molecule has 6 nitrogen and oxygen atoms in total. The molecule has 2 amide bonds. The zero-order valence-electron chi connectivity index (χ0n) is 14.7. The molecule has 3 rings (SSSR count). The smallest absolute Gasteiger partial charge is 0.339 e. The number of benzene rings is 1. The van der Waals surface area contributed by atoms with Crippen molar-refractivity contribution < 1.29 is 19.1 Å². The fraction of sp³-hybridized carbons (Fsp3) is 0.526. The van der Waals surface area contributed by atoms with Crippen LogP contribution in [-0.2, 0) is 14.3 Å². The first-order valence-corrected chi connectivity index (χ1v) is 8.78. The number of methoxy groups -OCH3 is 1. The number of nitrogens with zero attached hydrogens (tertiary/aromatic N) is 1. The fourth-order valence-corrected chi connectivity index (χ4v) is 3.49. The maximum absolute atomic E-state index is 12.6. The van der Waals surface area contributed by atoms with Gasteiger partial charge in [-0.2, -0.15) is 0 Å². The van der Waals surface area contributed by atoms with E-state index in [1.54, 1.807) is 24.3 Å². The van der Waals surface area contributed by atoms with E-state index < -0.39 is 5.97 Å². The minimum Gasteiger partial charge on any atom is -0.465 e. The van der Waals surface area contributed by atoms with Gasteiger partial charge in [0.2, 0.25) is 11.8 Å². The van der Waals surface area contributed by atoms with E-state index in [0.717, 1.165) is 25.9 Å². The Labute approximate surface area is 147 Å². The van der Waals surface area contributed by atoms with Crippen molar-refractivity contribution in [1.29, 1.82) is 0 Å². The lowest BCUT2D eigenvalue weighted by Gasteiger charge is -2.31. The van der Waals surface area contributed by atoms with E-state index >= 15 is 0 Å². The third-order valence-corrected chi connectivity index (χ3v) is 5.00. The number of piperidine rings is 1. The number of hydrogen-bond donors (Lipinski definition) is 1. The first-order chi connectivity index (χ1) is 12.0. The third kappa shape index (κ3) is 3.83. The summed E-state index contributed by atoms with van der Waals surface area (Å²) in [5.74, 6) is -0.629. The molecule has 1 heterocycles. The van der Waals surface area contributed by atoms with Crippen LogP contribution in [0.25, 0.3) is 0 Å². The van der Waals surface area contributed by atoms with Crippen molar-refractivity contribution >= 4 is 23.5 Å². The van der Waals surface area contributed by atoms with Crippen molar-refractivity contribution in [3.05, 3.63) is 29.8 Å². The van der Waals surface area contributed by atoms with Crippen molar-refractivity contribution in [2.24, 2.45) is 17.8 Å². The highest BCUT2D eigenvalue weighted by molar-refractivity contribution is 6.04. The molecule has 0 aromatic heterocycles. The number of carbonyl (C=O) groups excluding carboxylic acids is 3. The Morgan fingerprint density at radius 1 is 1.20 bits per heavy atom. The molecule has 0 spiro atoms. The number of carbonyl (C=O) groups is 3. The standard InChI is InChI=1S/C19H24N2O4/c1-12-6-5-9-21(11-12)18(23)15-10-14(15)17(22)20-16-8-4-3-7-13(16)19(24)25-2/h3-4,7-8,12,14-15H,5-6,9-11H2,1-2H3,(H,20,22). The number of nitrogens with one attached hydrogen (secondary N) is 1. The summed E-state index contributed by atoms with van der Waals surface area (Å²) in [6, 6.07) is 6.72. The number of rotatable bonds is 4. The van der Waals surface area contributed by atoms with Gasteiger partial charge in [-0.15, -0.1) is 0 Å². The number of likely N-dealkylation sites (tertiary alicyclic amines) is 1. The minimum absolute atomic E-state index is 0.0907. The van der Waals surface area contributed by atoms with Gasteiger partial charge in [0, 0.05) is 13.1 Å². The van der Waals surface area contributed by atoms with Crippen LogP contribution in [0, 0.1) is 17.8 Å². The highest BCUT2D eigenvalue weighted by Crippen LogP contribution is 2.41. The van der Waals surface area contributed by atoms with Crippen molar-refractivity contribution in [3.8, 4) is 0 Å². The highest BCUT2D eigenvalue weighted by atomic mass is 16.5. The summed E-state index contributed by atoms with van der Waals surface area (Å²) < 4.78 is 4.73. The Balaban J connectivity index is 1.61. The maximum Gasteiger partial charge on any atom is 0.339 e. The van der Waals surface area contributed by atoms with Crippen LogP contribution < -0.4 is 5.32 Å². The molecule has 3 unspecified atom stereocenters. The second-order valence-corrected chi connectivity index (χ2v) is 7.01. The SMILES string of the molecule is COC(=O)c1ccccc1NC(=O)C1CC1C(=O)N1CCCC(C)C1. The number of ether oxygens (including phenoxy) is 1. The average molecular weight is 344 g/mol. The van der Waals surface area contributed by atoms with E-state index in [2.05, 4.69) is 12.2 Å². The molecule has 0 bridgehead atoms. The van der Waals surface area contributed by atoms with Crippen LogP contribution in [0.5, 0.6) is 0 Å². The lowest BCUT2D eigenvalue weighted by Crippen LogP contribution is -2.40. The monoisotopic (exact) mass is 344 g/mol. The van der Waals surface area contributed by atoms with Crippen molar-refractivity contribution in [1.82, 2.24) is 4.90 Å². The Morgan fingerprint density at radius 2 is 1.96 bits per heavy atom. The van der Waals surface area contributed by atoms with E-state index in [0.29, 0.717) is 23.6 Å². The summed E-state index contributed by atoms with van der Waals surface area (Å²) in [6.45, 7) is 3.73. The van der Waals surface area contributed by atoms with Gasteiger partial charge in [-0.1, -0.05) is 19.1 Å². The molecule has 3 atom stereocenters. The quantitative estimate of drug-likeness (QED) is 0.851. The molecule has 1 saturated carbocycles. The van der Waals surface area contributed by atoms with E-state index in [4.69, 9.17) is 4.74 Å². The van der Waals surface area contributed by atoms with Gasteiger partial charge in [0.1, 0.15) is 0 Å². The lowest BCUT2D eigenvalue weighted by atomic mass is 10.00. The zero-order chi connectivity index (χ0) is 18.0. The molecule has 1 aromatic rings. The normalized spacial score (nSPS) is 25.2. The molecule has 2 fully saturated rings. The van der Waals surface area contributed by atoms with Crippen LogP contribution in [0.15, 0.2) is 24.3 Å². The predicted octanol–water partition coefficient (Wildman–Crippen LogP) is 2.31. The Bertz CT molecular complexity index is 688. The molecule has 1 saturated heterocycles. The fourth-order valence-electron chi connectivity index (χ4n) is 3.49. The van der Waals surface area contributed by atoms with Gasteiger partial charge in [-0.3, -0.25) is 9.59 Å². The molecular weight excluding hydrogens is 320 g/mol. The van der Waals surface area contributed by atoms with Gasteiger partial charge >= 0.3 is 5.97 Å². The second-order valence-electron chi connectivity index (χ2n) is 7.01. The molecule has 134 valence electrons. The van der Waals surface area contributed by atoms with Crippen molar-refractivity contribution in [2.45, 2.75) is 26.2 Å². The largest absolute Gasteiger partial charge is 0.465 e. The molecular formula is C19H24N2O4. The summed E-state index contributed by atoms with van der Waals surface area (Å²) >= 11 is 0. The first-order valence-electron chi connectivity index (χ1n) is 8.78. The first kappa shape index (κ1) is 17.5. The molecule has 25 heavy (non-hydrogen) atoms. The Hall–Kier alpha value is -2.37. The highest BCUT2D eigenvalue weighted by Gasteiger charge is 2.49. The van der Waals surface area contributed by atoms with Crippen LogP contribution in [-0.4, -0.2) is 42.9 Å². The topological polar surface area (TPSA) is 75.7 Å². The number of hydrogen-bond acceptors (Lipinski definition) is 4. The zero-order valence-corrected chi connectivity index (χ0v) is 14.7. The summed E-state index contributed by atoms with van der Waals surface area (Å²) in [7, 11) is 1.30. The van der Waals surface area contributed by atoms with Crippen molar-refractivity contribution in [3.63, 3.8) is 0 Å². The van der Waals surface area contributed by atoms with Gasteiger partial charge < -0.3 is 15.0 Å². The summed E-state index contributed by atoms with van der Waals surface area (Å²) in [5.41, 5.74) is 0.732. The minimum atomic E-state index is -0.498. The summed E-state index contributed by atoms with van der Waals surface area (Å²) in [6.07, 6.45) is 2.77. The number of para-hydroxylation sites is 1. The van der Waals surface area contributed by atoms with E-state index in [9.17, 15) is 14.4 Å². The van der Waals surface area contributed by atoms with Gasteiger partial charge in [0.05, 0.1) is 30.2 Å². The molecule has 1 aliphatic carbocycles. The van der Waals surface area contributed by atoms with Gasteiger partial charge in [-0.25, -0.2) is 4.79 Å². The predicted molar refractivity (Wildman–Crippen MR) is 93.0 cm³/mol. The van der Waals surface area contributed by atoms with Crippen LogP contribution in [0.1, 0.15) is 36.5 Å². The molecule has 6 heteroatoms. The number of anilines is 1. The van der Waals surface area contributed by atoms with E-state index in [-0.39, 0.29) is 23.7 Å². The lowest BCUT2D eigenvalue weighted by molar-refractivity contribution is -0.135. The van der Waals surface area contributed by atoms with Crippen LogP contribution in [0.4, 0.5) is 5.69 Å². The second kappa shape index (κ2) is 7.25. The Morgan fingerprint density at radius 3 is 2.68 bits per heavy atom. The van der Waals surface area contributed by atoms with Gasteiger partial charge in [0.25, 0.3) is 0 Å². The summed E-state index contributed by atoms with van der Waals surface area (Å²) in [5, 5.41) is 2.77. The van der Waals surface area contributed by atoms with Crippen LogP contribution in [0.3, 0.4) is 0 Å². The van der Waals surface area contributed by atoms with E-state index in [1.165, 1.54) is 7.11 Å². The summed E-state index contributed by atoms with van der Waals surface area (Å²) in [4.78, 5) is 38.7. The average Bonchev–Trinajstić information content (AvgIpc) is 3.42. The third-order valence-electron chi connectivity index (χ3n) is 5.00. The van der Waals surface area contributed by atoms with E-state index in [1.807, 2.05) is 4.90 Å². The van der Waals surface area contributed by atoms with Crippen molar-refractivity contribution in [2.75, 3.05) is 25.5 Å².